The van der Waals surface area contributed by atoms with E-state index in [-0.39, 0.29) is 10.9 Å². The average molecular weight is 238 g/mol. The third-order valence-electron chi connectivity index (χ3n) is 1.06. The molecule has 0 amide bonds. The Kier molecular flexibility index (Phi) is 3.55. The summed E-state index contributed by atoms with van der Waals surface area (Å²) < 4.78 is 30.4. The van der Waals surface area contributed by atoms with E-state index in [4.69, 9.17) is 4.55 Å². The maximum atomic E-state index is 10.5. The summed E-state index contributed by atoms with van der Waals surface area (Å²) >= 11 is 0.978. The van der Waals surface area contributed by atoms with Gasteiger partial charge in [-0.2, -0.15) is 8.42 Å². The minimum absolute atomic E-state index is 0.117. The maximum absolute atomic E-state index is 10.5. The van der Waals surface area contributed by atoms with Gasteiger partial charge >= 0.3 is 0 Å². The molecule has 14 heavy (non-hydrogen) atoms. The Bertz CT molecular complexity index is 413. The molecule has 1 heterocycles. The monoisotopic (exact) mass is 238 g/mol. The fraction of sp³-hybridized carbons (Fsp3) is 0.500. The Morgan fingerprint density at radius 3 is 2.86 bits per heavy atom. The first kappa shape index (κ1) is 11.1. The van der Waals surface area contributed by atoms with Gasteiger partial charge in [0.15, 0.2) is 5.88 Å². The number of carbonyl (C=O) groups excluding carboxylic acids is 1. The van der Waals surface area contributed by atoms with Gasteiger partial charge in [0, 0.05) is 0 Å². The second kappa shape index (κ2) is 4.48. The molecular formula is C4H6N4O4S2. The molecule has 0 atom stereocenters. The SMILES string of the molecule is O=CCSc1nnnn1CS(=O)(=O)O. The highest BCUT2D eigenvalue weighted by Gasteiger charge is 2.12. The molecule has 0 saturated heterocycles. The number of nitrogens with zero attached hydrogens (tertiary/aromatic N) is 4. The first-order valence-electron chi connectivity index (χ1n) is 3.30. The van der Waals surface area contributed by atoms with E-state index in [1.165, 1.54) is 0 Å². The Hall–Kier alpha value is -1.00. The van der Waals surface area contributed by atoms with E-state index in [1.807, 2.05) is 0 Å². The summed E-state index contributed by atoms with van der Waals surface area (Å²) in [5.41, 5.74) is 0. The highest BCUT2D eigenvalue weighted by Crippen LogP contribution is 2.12. The van der Waals surface area contributed by atoms with Gasteiger partial charge in [-0.1, -0.05) is 11.8 Å². The molecule has 1 rings (SSSR count). The van der Waals surface area contributed by atoms with Gasteiger partial charge in [0.25, 0.3) is 10.1 Å². The van der Waals surface area contributed by atoms with Crippen molar-refractivity contribution in [2.45, 2.75) is 11.0 Å². The zero-order valence-corrected chi connectivity index (χ0v) is 8.40. The molecule has 0 unspecified atom stereocenters. The Balaban J connectivity index is 2.77. The molecule has 0 spiro atoms. The lowest BCUT2D eigenvalue weighted by Gasteiger charge is -1.98. The van der Waals surface area contributed by atoms with Crippen LogP contribution in [0.1, 0.15) is 0 Å². The lowest BCUT2D eigenvalue weighted by atomic mass is 10.9. The van der Waals surface area contributed by atoms with E-state index >= 15 is 0 Å². The summed E-state index contributed by atoms with van der Waals surface area (Å²) in [6.07, 6.45) is 0.636. The molecule has 0 aromatic carbocycles. The fourth-order valence-corrected chi connectivity index (χ4v) is 1.77. The number of thioether (sulfide) groups is 1. The zero-order chi connectivity index (χ0) is 10.6. The average Bonchev–Trinajstić information content (AvgIpc) is 2.45. The zero-order valence-electron chi connectivity index (χ0n) is 6.77. The topological polar surface area (TPSA) is 115 Å². The highest BCUT2D eigenvalue weighted by atomic mass is 32.2. The van der Waals surface area contributed by atoms with Crippen LogP contribution in [-0.4, -0.2) is 45.2 Å². The molecule has 10 heteroatoms. The van der Waals surface area contributed by atoms with Gasteiger partial charge < -0.3 is 4.79 Å². The van der Waals surface area contributed by atoms with Crippen LogP contribution in [0.15, 0.2) is 5.16 Å². The van der Waals surface area contributed by atoms with Gasteiger partial charge in [0.05, 0.1) is 5.75 Å². The largest absolute Gasteiger partial charge is 0.302 e. The van der Waals surface area contributed by atoms with Crippen LogP contribution in [0.25, 0.3) is 0 Å². The Labute approximate surface area is 83.4 Å². The molecule has 0 radical (unpaired) electrons. The normalized spacial score (nSPS) is 11.5. The van der Waals surface area contributed by atoms with Crippen molar-refractivity contribution >= 4 is 28.2 Å². The van der Waals surface area contributed by atoms with E-state index < -0.39 is 16.0 Å². The Morgan fingerprint density at radius 1 is 1.57 bits per heavy atom. The summed E-state index contributed by atoms with van der Waals surface area (Å²) in [5.74, 6) is -0.604. The van der Waals surface area contributed by atoms with Crippen LogP contribution in [0.2, 0.25) is 0 Å². The first-order valence-corrected chi connectivity index (χ1v) is 5.90. The molecule has 0 aliphatic heterocycles. The van der Waals surface area contributed by atoms with Crippen molar-refractivity contribution in [3.63, 3.8) is 0 Å². The summed E-state index contributed by atoms with van der Waals surface area (Å²) in [6.45, 7) is 0. The van der Waals surface area contributed by atoms with Crippen molar-refractivity contribution in [3.8, 4) is 0 Å². The third kappa shape index (κ3) is 3.40. The second-order valence-electron chi connectivity index (χ2n) is 2.15. The minimum Gasteiger partial charge on any atom is -0.302 e. The van der Waals surface area contributed by atoms with Crippen molar-refractivity contribution in [1.82, 2.24) is 20.2 Å². The molecule has 0 aliphatic rings. The predicted octanol–water partition coefficient (Wildman–Crippen LogP) is -1.19. The second-order valence-corrected chi connectivity index (χ2v) is 4.56. The van der Waals surface area contributed by atoms with Crippen LogP contribution < -0.4 is 0 Å². The van der Waals surface area contributed by atoms with E-state index in [1.54, 1.807) is 0 Å². The van der Waals surface area contributed by atoms with Gasteiger partial charge in [0.1, 0.15) is 6.29 Å². The number of rotatable bonds is 5. The highest BCUT2D eigenvalue weighted by molar-refractivity contribution is 7.99. The van der Waals surface area contributed by atoms with Crippen LogP contribution in [0.4, 0.5) is 0 Å². The molecule has 0 saturated carbocycles. The van der Waals surface area contributed by atoms with Crippen molar-refractivity contribution in [2.24, 2.45) is 0 Å². The predicted molar refractivity (Wildman–Crippen MR) is 46.2 cm³/mol. The molecule has 1 aromatic heterocycles. The van der Waals surface area contributed by atoms with Gasteiger partial charge in [-0.3, -0.25) is 4.55 Å². The van der Waals surface area contributed by atoms with E-state index in [0.717, 1.165) is 16.4 Å². The number of hydrogen-bond acceptors (Lipinski definition) is 7. The first-order chi connectivity index (χ1) is 6.53. The number of carbonyl (C=O) groups is 1. The van der Waals surface area contributed by atoms with Crippen molar-refractivity contribution in [2.75, 3.05) is 5.75 Å². The van der Waals surface area contributed by atoms with Crippen molar-refractivity contribution in [3.05, 3.63) is 0 Å². The van der Waals surface area contributed by atoms with Crippen LogP contribution >= 0.6 is 11.8 Å². The lowest BCUT2D eigenvalue weighted by Crippen LogP contribution is -2.12. The lowest BCUT2D eigenvalue weighted by molar-refractivity contribution is -0.105. The molecule has 1 N–H and O–H groups in total. The van der Waals surface area contributed by atoms with E-state index in [0.29, 0.717) is 6.29 Å². The molecule has 1 aromatic rings. The van der Waals surface area contributed by atoms with E-state index in [9.17, 15) is 13.2 Å². The molecule has 78 valence electrons. The molecule has 8 nitrogen and oxygen atoms in total. The van der Waals surface area contributed by atoms with Gasteiger partial charge in [-0.25, -0.2) is 4.68 Å². The standard InChI is InChI=1S/C4H6N4O4S2/c9-1-2-13-4-5-6-7-8(4)3-14(10,11)12/h1H,2-3H2,(H,10,11,12). The summed E-state index contributed by atoms with van der Waals surface area (Å²) in [4.78, 5) is 10.0. The summed E-state index contributed by atoms with van der Waals surface area (Å²) in [7, 11) is -4.18. The summed E-state index contributed by atoms with van der Waals surface area (Å²) in [5, 5.41) is 10.2. The number of aromatic nitrogens is 4. The smallest absolute Gasteiger partial charge is 0.285 e. The van der Waals surface area contributed by atoms with Crippen LogP contribution in [0.5, 0.6) is 0 Å². The molecular weight excluding hydrogens is 232 g/mol. The molecule has 0 bridgehead atoms. The number of tetrazole rings is 1. The van der Waals surface area contributed by atoms with E-state index in [2.05, 4.69) is 15.5 Å². The minimum atomic E-state index is -4.18. The van der Waals surface area contributed by atoms with Gasteiger partial charge in [-0.15, -0.1) is 5.10 Å². The quantitative estimate of drug-likeness (QED) is 0.387. The van der Waals surface area contributed by atoms with Gasteiger partial charge in [0.2, 0.25) is 5.16 Å². The summed E-state index contributed by atoms with van der Waals surface area (Å²) in [6, 6.07) is 0. The molecule has 0 aliphatic carbocycles. The van der Waals surface area contributed by atoms with Gasteiger partial charge in [-0.05, 0) is 10.4 Å². The van der Waals surface area contributed by atoms with Crippen LogP contribution in [0, 0.1) is 0 Å². The number of aldehydes is 1. The Morgan fingerprint density at radius 2 is 2.29 bits per heavy atom. The fourth-order valence-electron chi connectivity index (χ4n) is 0.644. The third-order valence-corrected chi connectivity index (χ3v) is 2.49. The van der Waals surface area contributed by atoms with Crippen LogP contribution in [0.3, 0.4) is 0 Å². The van der Waals surface area contributed by atoms with Crippen molar-refractivity contribution in [1.29, 1.82) is 0 Å². The van der Waals surface area contributed by atoms with Crippen molar-refractivity contribution < 1.29 is 17.8 Å². The number of hydrogen-bond donors (Lipinski definition) is 1. The molecule has 0 fully saturated rings. The van der Waals surface area contributed by atoms with Crippen LogP contribution in [-0.2, 0) is 20.8 Å². The maximum Gasteiger partial charge on any atom is 0.285 e.